The molecule has 0 unspecified atom stereocenters. The van der Waals surface area contributed by atoms with Gasteiger partial charge in [-0.25, -0.2) is 0 Å². The van der Waals surface area contributed by atoms with Crippen LogP contribution in [0.3, 0.4) is 0 Å². The minimum absolute atomic E-state index is 0.215. The molecule has 19 heavy (non-hydrogen) atoms. The van der Waals surface area contributed by atoms with Crippen molar-refractivity contribution in [1.29, 1.82) is 0 Å². The van der Waals surface area contributed by atoms with Crippen LogP contribution in [0.15, 0.2) is 23.1 Å². The SMILES string of the molecule is Cc1ccc(SCCN2CCOCC2)c([N+](=O)[O-])c1. The van der Waals surface area contributed by atoms with Crippen molar-refractivity contribution in [3.63, 3.8) is 0 Å². The van der Waals surface area contributed by atoms with Crippen LogP contribution in [0.4, 0.5) is 5.69 Å². The number of benzene rings is 1. The number of rotatable bonds is 5. The Balaban J connectivity index is 1.89. The van der Waals surface area contributed by atoms with Crippen LogP contribution in [0.25, 0.3) is 0 Å². The molecule has 0 aromatic heterocycles. The minimum Gasteiger partial charge on any atom is -0.379 e. The van der Waals surface area contributed by atoms with Crippen LogP contribution in [0.1, 0.15) is 5.56 Å². The topological polar surface area (TPSA) is 55.6 Å². The predicted molar refractivity (Wildman–Crippen MR) is 75.8 cm³/mol. The number of hydrogen-bond donors (Lipinski definition) is 0. The van der Waals surface area contributed by atoms with Gasteiger partial charge in [-0.05, 0) is 18.6 Å². The average molecular weight is 282 g/mol. The molecule has 1 aliphatic heterocycles. The summed E-state index contributed by atoms with van der Waals surface area (Å²) in [6.07, 6.45) is 0. The maximum absolute atomic E-state index is 11.0. The summed E-state index contributed by atoms with van der Waals surface area (Å²) >= 11 is 1.55. The van der Waals surface area contributed by atoms with Gasteiger partial charge in [0.05, 0.1) is 23.0 Å². The van der Waals surface area contributed by atoms with Gasteiger partial charge in [0.25, 0.3) is 5.69 Å². The molecule has 104 valence electrons. The Morgan fingerprint density at radius 1 is 1.42 bits per heavy atom. The van der Waals surface area contributed by atoms with Crippen molar-refractivity contribution in [2.75, 3.05) is 38.6 Å². The highest BCUT2D eigenvalue weighted by atomic mass is 32.2. The van der Waals surface area contributed by atoms with E-state index >= 15 is 0 Å². The Kier molecular flexibility index (Phi) is 5.18. The number of ether oxygens (including phenoxy) is 1. The predicted octanol–water partition coefficient (Wildman–Crippen LogP) is 2.33. The van der Waals surface area contributed by atoms with Gasteiger partial charge in [-0.2, -0.15) is 0 Å². The summed E-state index contributed by atoms with van der Waals surface area (Å²) in [6.45, 7) is 6.30. The molecule has 0 atom stereocenters. The molecule has 6 heteroatoms. The van der Waals surface area contributed by atoms with Crippen LogP contribution in [0.2, 0.25) is 0 Å². The highest BCUT2D eigenvalue weighted by Crippen LogP contribution is 2.29. The van der Waals surface area contributed by atoms with Gasteiger partial charge in [0.15, 0.2) is 0 Å². The summed E-state index contributed by atoms with van der Waals surface area (Å²) in [4.78, 5) is 13.8. The second kappa shape index (κ2) is 6.88. The molecule has 0 N–H and O–H groups in total. The number of thioether (sulfide) groups is 1. The number of morpholine rings is 1. The van der Waals surface area contributed by atoms with Gasteiger partial charge < -0.3 is 4.74 Å². The largest absolute Gasteiger partial charge is 0.379 e. The fourth-order valence-corrected chi connectivity index (χ4v) is 3.02. The molecule has 0 bridgehead atoms. The minimum atomic E-state index is -0.302. The first-order valence-corrected chi connectivity index (χ1v) is 7.33. The van der Waals surface area contributed by atoms with E-state index in [4.69, 9.17) is 4.74 Å². The Hall–Kier alpha value is -1.11. The lowest BCUT2D eigenvalue weighted by atomic mass is 10.2. The summed E-state index contributed by atoms with van der Waals surface area (Å²) in [7, 11) is 0. The van der Waals surface area contributed by atoms with Crippen LogP contribution in [-0.4, -0.2) is 48.4 Å². The summed E-state index contributed by atoms with van der Waals surface area (Å²) in [5.41, 5.74) is 1.14. The second-order valence-corrected chi connectivity index (χ2v) is 5.67. The molecule has 2 rings (SSSR count). The molecule has 0 aliphatic carbocycles. The van der Waals surface area contributed by atoms with E-state index in [1.54, 1.807) is 17.8 Å². The standard InChI is InChI=1S/C13H18N2O3S/c1-11-2-3-13(12(10-11)15(16)17)19-9-6-14-4-7-18-8-5-14/h2-3,10H,4-9H2,1H3. The highest BCUT2D eigenvalue weighted by molar-refractivity contribution is 7.99. The van der Waals surface area contributed by atoms with E-state index in [1.165, 1.54) is 0 Å². The molecule has 1 fully saturated rings. The third kappa shape index (κ3) is 4.19. The van der Waals surface area contributed by atoms with Gasteiger partial charge in [0.2, 0.25) is 0 Å². The first kappa shape index (κ1) is 14.3. The lowest BCUT2D eigenvalue weighted by Crippen LogP contribution is -2.37. The smallest absolute Gasteiger partial charge is 0.283 e. The van der Waals surface area contributed by atoms with Crippen molar-refractivity contribution < 1.29 is 9.66 Å². The zero-order valence-electron chi connectivity index (χ0n) is 11.0. The molecule has 0 saturated carbocycles. The zero-order chi connectivity index (χ0) is 13.7. The van der Waals surface area contributed by atoms with Gasteiger partial charge in [-0.15, -0.1) is 11.8 Å². The van der Waals surface area contributed by atoms with Crippen molar-refractivity contribution in [1.82, 2.24) is 4.90 Å². The number of nitro benzene ring substituents is 1. The number of nitrogens with zero attached hydrogens (tertiary/aromatic N) is 2. The molecule has 1 aromatic rings. The summed E-state index contributed by atoms with van der Waals surface area (Å²) in [5.74, 6) is 0.865. The van der Waals surface area contributed by atoms with Gasteiger partial charge in [-0.3, -0.25) is 15.0 Å². The molecule has 1 aromatic carbocycles. The molecule has 0 amide bonds. The Morgan fingerprint density at radius 3 is 2.84 bits per heavy atom. The molecule has 0 radical (unpaired) electrons. The molecule has 1 aliphatic rings. The Labute approximate surface area is 117 Å². The van der Waals surface area contributed by atoms with Crippen molar-refractivity contribution in [2.24, 2.45) is 0 Å². The first-order chi connectivity index (χ1) is 9.16. The number of nitro groups is 1. The fraction of sp³-hybridized carbons (Fsp3) is 0.538. The lowest BCUT2D eigenvalue weighted by Gasteiger charge is -2.26. The van der Waals surface area contributed by atoms with Crippen LogP contribution < -0.4 is 0 Å². The second-order valence-electron chi connectivity index (χ2n) is 4.53. The first-order valence-electron chi connectivity index (χ1n) is 6.35. The van der Waals surface area contributed by atoms with Crippen LogP contribution in [0.5, 0.6) is 0 Å². The van der Waals surface area contributed by atoms with E-state index < -0.39 is 0 Å². The van der Waals surface area contributed by atoms with Crippen molar-refractivity contribution in [2.45, 2.75) is 11.8 Å². The van der Waals surface area contributed by atoms with Crippen molar-refractivity contribution >= 4 is 17.4 Å². The van der Waals surface area contributed by atoms with Gasteiger partial charge >= 0.3 is 0 Å². The quantitative estimate of drug-likeness (QED) is 0.471. The average Bonchev–Trinajstić information content (AvgIpc) is 2.41. The normalized spacial score (nSPS) is 16.5. The van der Waals surface area contributed by atoms with E-state index in [2.05, 4.69) is 4.90 Å². The van der Waals surface area contributed by atoms with Crippen molar-refractivity contribution in [3.8, 4) is 0 Å². The third-order valence-corrected chi connectivity index (χ3v) is 4.12. The lowest BCUT2D eigenvalue weighted by molar-refractivity contribution is -0.387. The molecule has 1 saturated heterocycles. The third-order valence-electron chi connectivity index (χ3n) is 3.08. The molecule has 1 heterocycles. The Bertz CT molecular complexity index is 448. The van der Waals surface area contributed by atoms with Gasteiger partial charge in [0, 0.05) is 31.5 Å². The summed E-state index contributed by atoms with van der Waals surface area (Å²) in [6, 6.07) is 5.40. The molecule has 5 nitrogen and oxygen atoms in total. The van der Waals surface area contributed by atoms with E-state index in [1.807, 2.05) is 19.1 Å². The van der Waals surface area contributed by atoms with E-state index in [9.17, 15) is 10.1 Å². The molecule has 0 spiro atoms. The molecular weight excluding hydrogens is 264 g/mol. The van der Waals surface area contributed by atoms with Crippen molar-refractivity contribution in [3.05, 3.63) is 33.9 Å². The van der Waals surface area contributed by atoms with Crippen LogP contribution in [0, 0.1) is 17.0 Å². The van der Waals surface area contributed by atoms with Gasteiger partial charge in [-0.1, -0.05) is 6.07 Å². The van der Waals surface area contributed by atoms with Gasteiger partial charge in [0.1, 0.15) is 0 Å². The van der Waals surface area contributed by atoms with Crippen LogP contribution in [-0.2, 0) is 4.74 Å². The maximum atomic E-state index is 11.0. The number of aryl methyl sites for hydroxylation is 1. The highest BCUT2D eigenvalue weighted by Gasteiger charge is 2.15. The Morgan fingerprint density at radius 2 is 2.16 bits per heavy atom. The monoisotopic (exact) mass is 282 g/mol. The fourth-order valence-electron chi connectivity index (χ4n) is 2.00. The zero-order valence-corrected chi connectivity index (χ0v) is 11.8. The van der Waals surface area contributed by atoms with E-state index in [0.717, 1.165) is 49.1 Å². The maximum Gasteiger partial charge on any atom is 0.283 e. The summed E-state index contributed by atoms with van der Waals surface area (Å²) in [5, 5.41) is 11.0. The molecular formula is C13H18N2O3S. The van der Waals surface area contributed by atoms with E-state index in [-0.39, 0.29) is 10.6 Å². The van der Waals surface area contributed by atoms with Crippen LogP contribution >= 0.6 is 11.8 Å². The number of hydrogen-bond acceptors (Lipinski definition) is 5. The summed E-state index contributed by atoms with van der Waals surface area (Å²) < 4.78 is 5.29. The van der Waals surface area contributed by atoms with E-state index in [0.29, 0.717) is 0 Å².